The van der Waals surface area contributed by atoms with E-state index in [4.69, 9.17) is 0 Å². The Kier molecular flexibility index (Phi) is 4.80. The lowest BCUT2D eigenvalue weighted by atomic mass is 9.79. The van der Waals surface area contributed by atoms with Gasteiger partial charge >= 0.3 is 6.18 Å². The van der Waals surface area contributed by atoms with Crippen molar-refractivity contribution in [2.45, 2.75) is 57.5 Å². The number of hydrogen-bond donors (Lipinski definition) is 0. The predicted octanol–water partition coefficient (Wildman–Crippen LogP) is 3.65. The Morgan fingerprint density at radius 3 is 2.29 bits per heavy atom. The molecule has 1 saturated carbocycles. The SMILES string of the molecule is N#CC1(C(=O)N2CCCC(C(F)(F)F)C2)CCCCCC1. The second-order valence-corrected chi connectivity index (χ2v) is 6.24. The van der Waals surface area contributed by atoms with Crippen LogP contribution in [0, 0.1) is 22.7 Å². The smallest absolute Gasteiger partial charge is 0.341 e. The normalized spacial score (nSPS) is 26.8. The van der Waals surface area contributed by atoms with Gasteiger partial charge < -0.3 is 4.90 Å². The average molecular weight is 302 g/mol. The van der Waals surface area contributed by atoms with Crippen molar-refractivity contribution in [3.8, 4) is 6.07 Å². The molecule has 1 aliphatic carbocycles. The summed E-state index contributed by atoms with van der Waals surface area (Å²) in [4.78, 5) is 14.0. The molecule has 1 amide bonds. The van der Waals surface area contributed by atoms with Crippen LogP contribution < -0.4 is 0 Å². The summed E-state index contributed by atoms with van der Waals surface area (Å²) < 4.78 is 38.6. The van der Waals surface area contributed by atoms with Crippen LogP contribution in [0.1, 0.15) is 51.4 Å². The highest BCUT2D eigenvalue weighted by molar-refractivity contribution is 5.85. The molecule has 21 heavy (non-hydrogen) atoms. The third-order valence-electron chi connectivity index (χ3n) is 4.75. The van der Waals surface area contributed by atoms with Crippen LogP contribution in [0.3, 0.4) is 0 Å². The zero-order valence-electron chi connectivity index (χ0n) is 12.1. The highest BCUT2D eigenvalue weighted by Gasteiger charge is 2.47. The van der Waals surface area contributed by atoms with Gasteiger partial charge in [-0.25, -0.2) is 0 Å². The molecule has 118 valence electrons. The Balaban J connectivity index is 2.12. The summed E-state index contributed by atoms with van der Waals surface area (Å²) in [5, 5.41) is 9.47. The number of alkyl halides is 3. The molecule has 2 aliphatic rings. The van der Waals surface area contributed by atoms with Gasteiger partial charge in [0.1, 0.15) is 5.41 Å². The third-order valence-corrected chi connectivity index (χ3v) is 4.75. The zero-order chi connectivity index (χ0) is 15.5. The Labute approximate surface area is 123 Å². The van der Waals surface area contributed by atoms with Gasteiger partial charge in [-0.2, -0.15) is 18.4 Å². The van der Waals surface area contributed by atoms with E-state index in [1.807, 2.05) is 0 Å². The van der Waals surface area contributed by atoms with E-state index in [1.165, 1.54) is 4.90 Å². The predicted molar refractivity (Wildman–Crippen MR) is 71.1 cm³/mol. The van der Waals surface area contributed by atoms with Crippen molar-refractivity contribution in [1.29, 1.82) is 5.26 Å². The molecule has 1 heterocycles. The van der Waals surface area contributed by atoms with Crippen molar-refractivity contribution in [3.63, 3.8) is 0 Å². The quantitative estimate of drug-likeness (QED) is 0.694. The average Bonchev–Trinajstić information content (AvgIpc) is 2.72. The molecule has 3 nitrogen and oxygen atoms in total. The molecular formula is C15H21F3N2O. The van der Waals surface area contributed by atoms with Crippen LogP contribution in [0.5, 0.6) is 0 Å². The molecular weight excluding hydrogens is 281 g/mol. The first-order chi connectivity index (χ1) is 9.89. The van der Waals surface area contributed by atoms with E-state index >= 15 is 0 Å². The molecule has 0 aromatic carbocycles. The minimum atomic E-state index is -4.26. The lowest BCUT2D eigenvalue weighted by Gasteiger charge is -2.38. The second kappa shape index (κ2) is 6.25. The van der Waals surface area contributed by atoms with Gasteiger partial charge in [0.05, 0.1) is 12.0 Å². The summed E-state index contributed by atoms with van der Waals surface area (Å²) in [5.74, 6) is -1.82. The first-order valence-electron chi connectivity index (χ1n) is 7.66. The summed E-state index contributed by atoms with van der Waals surface area (Å²) in [6, 6.07) is 2.14. The molecule has 2 rings (SSSR count). The lowest BCUT2D eigenvalue weighted by Crippen LogP contribution is -2.50. The van der Waals surface area contributed by atoms with E-state index in [1.54, 1.807) is 0 Å². The Morgan fingerprint density at radius 1 is 1.14 bits per heavy atom. The first-order valence-corrected chi connectivity index (χ1v) is 7.66. The fraction of sp³-hybridized carbons (Fsp3) is 0.867. The van der Waals surface area contributed by atoms with Gasteiger partial charge in [0.2, 0.25) is 5.91 Å². The number of amides is 1. The fourth-order valence-electron chi connectivity index (χ4n) is 3.44. The van der Waals surface area contributed by atoms with Gasteiger partial charge in [0.15, 0.2) is 0 Å². The Bertz CT molecular complexity index is 420. The van der Waals surface area contributed by atoms with E-state index in [2.05, 4.69) is 6.07 Å². The van der Waals surface area contributed by atoms with Crippen LogP contribution in [0.4, 0.5) is 13.2 Å². The minimum absolute atomic E-state index is 0.0762. The number of nitrogens with zero attached hydrogens (tertiary/aromatic N) is 2. The molecule has 0 bridgehead atoms. The summed E-state index contributed by atoms with van der Waals surface area (Å²) in [6.45, 7) is 0.0562. The molecule has 1 atom stereocenters. The van der Waals surface area contributed by atoms with Crippen molar-refractivity contribution in [3.05, 3.63) is 0 Å². The molecule has 0 N–H and O–H groups in total. The molecule has 0 aromatic rings. The van der Waals surface area contributed by atoms with Crippen LogP contribution in [-0.2, 0) is 4.79 Å². The summed E-state index contributed by atoms with van der Waals surface area (Å²) in [6.07, 6.45) is 0.715. The number of halogens is 3. The molecule has 0 aromatic heterocycles. The highest BCUT2D eigenvalue weighted by Crippen LogP contribution is 2.39. The highest BCUT2D eigenvalue weighted by atomic mass is 19.4. The maximum Gasteiger partial charge on any atom is 0.393 e. The lowest BCUT2D eigenvalue weighted by molar-refractivity contribution is -0.189. The number of carbonyl (C=O) groups excluding carboxylic acids is 1. The fourth-order valence-corrected chi connectivity index (χ4v) is 3.44. The van der Waals surface area contributed by atoms with E-state index in [9.17, 15) is 23.2 Å². The topological polar surface area (TPSA) is 44.1 Å². The van der Waals surface area contributed by atoms with E-state index < -0.39 is 17.5 Å². The van der Waals surface area contributed by atoms with Crippen molar-refractivity contribution < 1.29 is 18.0 Å². The summed E-state index contributed by atoms with van der Waals surface area (Å²) in [7, 11) is 0. The number of nitriles is 1. The van der Waals surface area contributed by atoms with Gasteiger partial charge in [0.25, 0.3) is 0 Å². The molecule has 1 aliphatic heterocycles. The van der Waals surface area contributed by atoms with Crippen molar-refractivity contribution >= 4 is 5.91 Å². The van der Waals surface area contributed by atoms with E-state index in [-0.39, 0.29) is 18.9 Å². The van der Waals surface area contributed by atoms with Crippen LogP contribution >= 0.6 is 0 Å². The molecule has 1 saturated heterocycles. The minimum Gasteiger partial charge on any atom is -0.341 e. The summed E-state index contributed by atoms with van der Waals surface area (Å²) in [5.41, 5.74) is -1.09. The van der Waals surface area contributed by atoms with Gasteiger partial charge in [-0.1, -0.05) is 25.7 Å². The number of carbonyl (C=O) groups is 1. The molecule has 6 heteroatoms. The van der Waals surface area contributed by atoms with Gasteiger partial charge in [-0.3, -0.25) is 4.79 Å². The maximum atomic E-state index is 12.9. The Morgan fingerprint density at radius 2 is 1.76 bits per heavy atom. The van der Waals surface area contributed by atoms with Crippen LogP contribution in [0.2, 0.25) is 0 Å². The van der Waals surface area contributed by atoms with Crippen LogP contribution in [0.15, 0.2) is 0 Å². The van der Waals surface area contributed by atoms with E-state index in [0.717, 1.165) is 25.7 Å². The standard InChI is InChI=1S/C15H21F3N2O/c16-15(17,18)12-6-5-9-20(10-12)13(21)14(11-19)7-3-1-2-4-8-14/h12H,1-10H2. The largest absolute Gasteiger partial charge is 0.393 e. The number of likely N-dealkylation sites (tertiary alicyclic amines) is 1. The first kappa shape index (κ1) is 16.1. The molecule has 2 fully saturated rings. The Hall–Kier alpha value is -1.25. The van der Waals surface area contributed by atoms with Crippen molar-refractivity contribution in [1.82, 2.24) is 4.90 Å². The van der Waals surface area contributed by atoms with Crippen LogP contribution in [-0.4, -0.2) is 30.1 Å². The summed E-state index contributed by atoms with van der Waals surface area (Å²) >= 11 is 0. The van der Waals surface area contributed by atoms with Crippen LogP contribution in [0.25, 0.3) is 0 Å². The van der Waals surface area contributed by atoms with Gasteiger partial charge in [0, 0.05) is 13.1 Å². The number of piperidine rings is 1. The van der Waals surface area contributed by atoms with Gasteiger partial charge in [-0.15, -0.1) is 0 Å². The van der Waals surface area contributed by atoms with Crippen molar-refractivity contribution in [2.24, 2.45) is 11.3 Å². The monoisotopic (exact) mass is 302 g/mol. The van der Waals surface area contributed by atoms with E-state index in [0.29, 0.717) is 25.8 Å². The van der Waals surface area contributed by atoms with Crippen molar-refractivity contribution in [2.75, 3.05) is 13.1 Å². The second-order valence-electron chi connectivity index (χ2n) is 6.24. The number of hydrogen-bond acceptors (Lipinski definition) is 2. The molecule has 0 spiro atoms. The molecule has 1 unspecified atom stereocenters. The van der Waals surface area contributed by atoms with Gasteiger partial charge in [-0.05, 0) is 25.7 Å². The number of rotatable bonds is 1. The third kappa shape index (κ3) is 3.50. The maximum absolute atomic E-state index is 12.9. The zero-order valence-corrected chi connectivity index (χ0v) is 12.1. The molecule has 0 radical (unpaired) electrons.